The lowest BCUT2D eigenvalue weighted by Gasteiger charge is -2.20. The van der Waals surface area contributed by atoms with E-state index in [1.54, 1.807) is 0 Å². The minimum atomic E-state index is -0.582. The normalized spacial score (nSPS) is 11.6. The van der Waals surface area contributed by atoms with Gasteiger partial charge in [-0.3, -0.25) is 0 Å². The molecule has 0 saturated carbocycles. The van der Waals surface area contributed by atoms with Gasteiger partial charge in [0.1, 0.15) is 12.4 Å². The predicted molar refractivity (Wildman–Crippen MR) is 96.4 cm³/mol. The Bertz CT molecular complexity index is 645. The average Bonchev–Trinajstić information content (AvgIpc) is 2.66. The van der Waals surface area contributed by atoms with Crippen molar-refractivity contribution < 1.29 is 19.4 Å². The van der Waals surface area contributed by atoms with Gasteiger partial charge in [0.2, 0.25) is 0 Å². The molecule has 1 atom stereocenters. The summed E-state index contributed by atoms with van der Waals surface area (Å²) in [6.45, 7) is 2.63. The van der Waals surface area contributed by atoms with Gasteiger partial charge in [-0.05, 0) is 18.1 Å². The second-order valence-electron chi connectivity index (χ2n) is 5.68. The van der Waals surface area contributed by atoms with Crippen LogP contribution in [0, 0.1) is 0 Å². The van der Waals surface area contributed by atoms with Crippen LogP contribution >= 0.6 is 0 Å². The molecule has 134 valence electrons. The van der Waals surface area contributed by atoms with Crippen molar-refractivity contribution in [2.24, 2.45) is 0 Å². The molecular weight excluding hydrogens is 318 g/mol. The summed E-state index contributed by atoms with van der Waals surface area (Å²) in [6.07, 6.45) is 1.41. The molecule has 0 aliphatic heterocycles. The van der Waals surface area contributed by atoms with Gasteiger partial charge in [-0.1, -0.05) is 61.9 Å². The number of unbranched alkanes of at least 4 members (excludes halogenated alkanes) is 1. The molecular formula is C20H25NO4. The molecule has 0 radical (unpaired) electrons. The Labute approximate surface area is 148 Å². The lowest BCUT2D eigenvalue weighted by molar-refractivity contribution is 0.129. The molecule has 2 aromatic rings. The van der Waals surface area contributed by atoms with Gasteiger partial charge in [0.15, 0.2) is 0 Å². The highest BCUT2D eigenvalue weighted by Gasteiger charge is 2.18. The first-order chi connectivity index (χ1) is 12.2. The summed E-state index contributed by atoms with van der Waals surface area (Å²) >= 11 is 0. The number of rotatable bonds is 9. The zero-order valence-electron chi connectivity index (χ0n) is 14.5. The van der Waals surface area contributed by atoms with Crippen molar-refractivity contribution in [1.82, 2.24) is 5.32 Å². The Morgan fingerprint density at radius 3 is 2.56 bits per heavy atom. The molecule has 2 aromatic carbocycles. The molecule has 0 aliphatic rings. The van der Waals surface area contributed by atoms with Crippen LogP contribution in [0.25, 0.3) is 0 Å². The number of hydrogen-bond donors (Lipinski definition) is 2. The number of benzene rings is 2. The molecule has 2 N–H and O–H groups in total. The molecule has 0 heterocycles. The maximum Gasteiger partial charge on any atom is 0.408 e. The molecule has 2 rings (SSSR count). The summed E-state index contributed by atoms with van der Waals surface area (Å²) in [7, 11) is 0. The molecule has 0 fully saturated rings. The number of carbonyl (C=O) groups is 1. The maximum absolute atomic E-state index is 12.0. The van der Waals surface area contributed by atoms with Crippen LogP contribution in [0.5, 0.6) is 5.75 Å². The summed E-state index contributed by atoms with van der Waals surface area (Å²) in [6, 6.07) is 16.2. The fourth-order valence-electron chi connectivity index (χ4n) is 2.36. The first kappa shape index (κ1) is 18.8. The number of para-hydroxylation sites is 1. The largest absolute Gasteiger partial charge is 0.493 e. The van der Waals surface area contributed by atoms with Crippen molar-refractivity contribution in [3.05, 3.63) is 65.7 Å². The van der Waals surface area contributed by atoms with E-state index in [1.165, 1.54) is 0 Å². The average molecular weight is 343 g/mol. The van der Waals surface area contributed by atoms with Crippen LogP contribution in [-0.2, 0) is 11.3 Å². The third-order valence-electron chi connectivity index (χ3n) is 3.74. The number of aliphatic hydroxyl groups excluding tert-OH is 1. The molecule has 5 nitrogen and oxygen atoms in total. The van der Waals surface area contributed by atoms with Gasteiger partial charge in [-0.15, -0.1) is 0 Å². The summed E-state index contributed by atoms with van der Waals surface area (Å²) < 4.78 is 11.0. The molecule has 1 amide bonds. The zero-order chi connectivity index (χ0) is 17.9. The quantitative estimate of drug-likeness (QED) is 0.679. The van der Waals surface area contributed by atoms with Gasteiger partial charge in [-0.2, -0.15) is 0 Å². The van der Waals surface area contributed by atoms with Crippen LogP contribution in [-0.4, -0.2) is 24.4 Å². The van der Waals surface area contributed by atoms with Crippen molar-refractivity contribution in [1.29, 1.82) is 0 Å². The minimum Gasteiger partial charge on any atom is -0.493 e. The Kier molecular flexibility index (Phi) is 7.79. The molecule has 1 unspecified atom stereocenters. The predicted octanol–water partition coefficient (Wildman–Crippen LogP) is 3.83. The van der Waals surface area contributed by atoms with Gasteiger partial charge in [-0.25, -0.2) is 4.79 Å². The molecule has 25 heavy (non-hydrogen) atoms. The van der Waals surface area contributed by atoms with Crippen molar-refractivity contribution in [2.45, 2.75) is 32.4 Å². The molecule has 0 bridgehead atoms. The molecule has 0 saturated heterocycles. The first-order valence-electron chi connectivity index (χ1n) is 8.54. The lowest BCUT2D eigenvalue weighted by atomic mass is 10.1. The van der Waals surface area contributed by atoms with E-state index < -0.39 is 12.1 Å². The van der Waals surface area contributed by atoms with Gasteiger partial charge in [0.05, 0.1) is 19.3 Å². The number of amides is 1. The third kappa shape index (κ3) is 6.12. The Hall–Kier alpha value is -2.53. The number of aliphatic hydroxyl groups is 1. The maximum atomic E-state index is 12.0. The van der Waals surface area contributed by atoms with E-state index >= 15 is 0 Å². The van der Waals surface area contributed by atoms with Crippen LogP contribution in [0.1, 0.15) is 36.9 Å². The minimum absolute atomic E-state index is 0.180. The van der Waals surface area contributed by atoms with Crippen LogP contribution in [0.3, 0.4) is 0 Å². The van der Waals surface area contributed by atoms with Crippen molar-refractivity contribution >= 4 is 6.09 Å². The molecule has 5 heteroatoms. The number of carbonyl (C=O) groups excluding carboxylic acids is 1. The summed E-state index contributed by atoms with van der Waals surface area (Å²) in [5.41, 5.74) is 1.64. The highest BCUT2D eigenvalue weighted by molar-refractivity contribution is 5.68. The number of nitrogens with one attached hydrogen (secondary N) is 1. The topological polar surface area (TPSA) is 67.8 Å². The molecule has 0 aromatic heterocycles. The fourth-order valence-corrected chi connectivity index (χ4v) is 2.36. The van der Waals surface area contributed by atoms with Gasteiger partial charge < -0.3 is 19.9 Å². The van der Waals surface area contributed by atoms with Crippen LogP contribution < -0.4 is 10.1 Å². The van der Waals surface area contributed by atoms with Crippen LogP contribution in [0.4, 0.5) is 4.79 Å². The van der Waals surface area contributed by atoms with Crippen LogP contribution in [0.15, 0.2) is 54.6 Å². The SMILES string of the molecule is CCCCOc1ccccc1C(CO)NC(=O)OCc1ccccc1. The Morgan fingerprint density at radius 1 is 1.12 bits per heavy atom. The first-order valence-corrected chi connectivity index (χ1v) is 8.54. The standard InChI is InChI=1S/C20H25NO4/c1-2-3-13-24-19-12-8-7-11-17(19)18(14-22)21-20(23)25-15-16-9-5-4-6-10-16/h4-12,18,22H,2-3,13-15H2,1H3,(H,21,23). The summed E-state index contributed by atoms with van der Waals surface area (Å²) in [5.74, 6) is 0.665. The van der Waals surface area contributed by atoms with E-state index in [0.717, 1.165) is 24.0 Å². The Balaban J connectivity index is 1.95. The molecule has 0 spiro atoms. The van der Waals surface area contributed by atoms with Crippen molar-refractivity contribution in [2.75, 3.05) is 13.2 Å². The van der Waals surface area contributed by atoms with Gasteiger partial charge >= 0.3 is 6.09 Å². The van der Waals surface area contributed by atoms with Crippen molar-refractivity contribution in [3.8, 4) is 5.75 Å². The van der Waals surface area contributed by atoms with E-state index in [0.29, 0.717) is 12.4 Å². The van der Waals surface area contributed by atoms with Crippen molar-refractivity contribution in [3.63, 3.8) is 0 Å². The second-order valence-corrected chi connectivity index (χ2v) is 5.68. The van der Waals surface area contributed by atoms with E-state index in [-0.39, 0.29) is 13.2 Å². The smallest absolute Gasteiger partial charge is 0.408 e. The van der Waals surface area contributed by atoms with E-state index in [1.807, 2.05) is 54.6 Å². The van der Waals surface area contributed by atoms with Gasteiger partial charge in [0, 0.05) is 5.56 Å². The second kappa shape index (κ2) is 10.4. The number of ether oxygens (including phenoxy) is 2. The lowest BCUT2D eigenvalue weighted by Crippen LogP contribution is -2.31. The summed E-state index contributed by atoms with van der Waals surface area (Å²) in [4.78, 5) is 12.0. The highest BCUT2D eigenvalue weighted by atomic mass is 16.5. The number of alkyl carbamates (subject to hydrolysis) is 1. The zero-order valence-corrected chi connectivity index (χ0v) is 14.5. The molecule has 0 aliphatic carbocycles. The van der Waals surface area contributed by atoms with E-state index in [2.05, 4.69) is 12.2 Å². The Morgan fingerprint density at radius 2 is 1.84 bits per heavy atom. The highest BCUT2D eigenvalue weighted by Crippen LogP contribution is 2.25. The number of hydrogen-bond acceptors (Lipinski definition) is 4. The van der Waals surface area contributed by atoms with E-state index in [9.17, 15) is 9.90 Å². The van der Waals surface area contributed by atoms with E-state index in [4.69, 9.17) is 9.47 Å². The summed E-state index contributed by atoms with van der Waals surface area (Å²) in [5, 5.41) is 12.4. The van der Waals surface area contributed by atoms with Gasteiger partial charge in [0.25, 0.3) is 0 Å². The monoisotopic (exact) mass is 343 g/mol. The van der Waals surface area contributed by atoms with Crippen LogP contribution in [0.2, 0.25) is 0 Å². The third-order valence-corrected chi connectivity index (χ3v) is 3.74. The fraction of sp³-hybridized carbons (Fsp3) is 0.350.